The number of hydrogen-bond donors (Lipinski definition) is 3. The summed E-state index contributed by atoms with van der Waals surface area (Å²) in [5.74, 6) is 0.731. The Morgan fingerprint density at radius 2 is 1.84 bits per heavy atom. The van der Waals surface area contributed by atoms with Gasteiger partial charge in [-0.25, -0.2) is 4.98 Å². The number of rotatable bonds is 5. The molecule has 5 rings (SSSR count). The highest BCUT2D eigenvalue weighted by Crippen LogP contribution is 2.30. The minimum atomic E-state index is -4.39. The van der Waals surface area contributed by atoms with Crippen LogP contribution in [0.15, 0.2) is 67.1 Å². The van der Waals surface area contributed by atoms with E-state index in [-0.39, 0.29) is 6.54 Å². The number of nitrogens with zero attached hydrogens (tertiary/aromatic N) is 4. The normalized spacial score (nSPS) is 11.7. The number of H-pyrrole nitrogens is 1. The summed E-state index contributed by atoms with van der Waals surface area (Å²) in [4.78, 5) is 20.3. The molecule has 3 aromatic heterocycles. The molecule has 0 fully saturated rings. The van der Waals surface area contributed by atoms with Crippen LogP contribution in [-0.4, -0.2) is 24.9 Å². The van der Waals surface area contributed by atoms with Crippen molar-refractivity contribution < 1.29 is 13.2 Å². The summed E-state index contributed by atoms with van der Waals surface area (Å²) < 4.78 is 39.0. The van der Waals surface area contributed by atoms with Gasteiger partial charge in [-0.2, -0.15) is 23.1 Å². The number of aromatic amines is 1. The molecule has 0 radical (unpaired) electrons. The second kappa shape index (κ2) is 7.80. The number of pyridine rings is 1. The van der Waals surface area contributed by atoms with E-state index in [1.165, 1.54) is 12.4 Å². The molecular formula is C22H16F3N7. The number of benzene rings is 2. The summed E-state index contributed by atoms with van der Waals surface area (Å²) in [6.45, 7) is 0.149. The number of fused-ring (bicyclic) bond motifs is 2. The molecule has 0 aliphatic heterocycles. The lowest BCUT2D eigenvalue weighted by molar-refractivity contribution is -0.137. The molecule has 0 aliphatic rings. The van der Waals surface area contributed by atoms with Crippen molar-refractivity contribution in [2.24, 2.45) is 0 Å². The van der Waals surface area contributed by atoms with Gasteiger partial charge < -0.3 is 15.6 Å². The van der Waals surface area contributed by atoms with Crippen molar-refractivity contribution in [1.82, 2.24) is 24.9 Å². The van der Waals surface area contributed by atoms with E-state index in [0.29, 0.717) is 28.5 Å². The standard InChI is InChI=1S/C22H16F3N7/c23-22(24,25)15-5-1-3-13(9-15)11-27-19-18-20(29-12-28-18)32-21(31-19)30-16-6-7-17-14(10-16)4-2-8-26-17/h1-10,12H,11H2,(H3,27,28,29,30,31,32). The molecule has 5 aromatic rings. The van der Waals surface area contributed by atoms with Crippen LogP contribution < -0.4 is 10.6 Å². The average Bonchev–Trinajstić information content (AvgIpc) is 3.26. The highest BCUT2D eigenvalue weighted by atomic mass is 19.4. The number of hydrogen-bond acceptors (Lipinski definition) is 6. The van der Waals surface area contributed by atoms with E-state index >= 15 is 0 Å². The molecule has 0 saturated heterocycles. The largest absolute Gasteiger partial charge is 0.416 e. The predicted octanol–water partition coefficient (Wildman–Crippen LogP) is 5.28. The molecule has 3 N–H and O–H groups in total. The molecule has 7 nitrogen and oxygen atoms in total. The van der Waals surface area contributed by atoms with Crippen LogP contribution in [0.3, 0.4) is 0 Å². The first-order valence-electron chi connectivity index (χ1n) is 9.69. The van der Waals surface area contributed by atoms with Gasteiger partial charge in [-0.1, -0.05) is 18.2 Å². The van der Waals surface area contributed by atoms with Gasteiger partial charge in [-0.3, -0.25) is 4.98 Å². The van der Waals surface area contributed by atoms with Crippen molar-refractivity contribution in [3.8, 4) is 0 Å². The highest BCUT2D eigenvalue weighted by Gasteiger charge is 2.30. The summed E-state index contributed by atoms with van der Waals surface area (Å²) in [5, 5.41) is 7.20. The number of imidazole rings is 1. The van der Waals surface area contributed by atoms with Crippen LogP contribution in [0.5, 0.6) is 0 Å². The predicted molar refractivity (Wildman–Crippen MR) is 115 cm³/mol. The first kappa shape index (κ1) is 19.7. The molecule has 3 heterocycles. The third-order valence-corrected chi connectivity index (χ3v) is 4.86. The molecular weight excluding hydrogens is 419 g/mol. The third kappa shape index (κ3) is 4.02. The van der Waals surface area contributed by atoms with E-state index in [9.17, 15) is 13.2 Å². The lowest BCUT2D eigenvalue weighted by Crippen LogP contribution is -2.08. The van der Waals surface area contributed by atoms with Crippen molar-refractivity contribution in [1.29, 1.82) is 0 Å². The van der Waals surface area contributed by atoms with Gasteiger partial charge in [-0.05, 0) is 42.0 Å². The Morgan fingerprint density at radius 3 is 2.72 bits per heavy atom. The molecule has 0 saturated carbocycles. The minimum absolute atomic E-state index is 0.149. The van der Waals surface area contributed by atoms with E-state index in [1.54, 1.807) is 12.3 Å². The van der Waals surface area contributed by atoms with Crippen LogP contribution in [0.1, 0.15) is 11.1 Å². The van der Waals surface area contributed by atoms with Gasteiger partial charge in [0.1, 0.15) is 5.52 Å². The fraction of sp³-hybridized carbons (Fsp3) is 0.0909. The monoisotopic (exact) mass is 435 g/mol. The fourth-order valence-electron chi connectivity index (χ4n) is 3.34. The van der Waals surface area contributed by atoms with E-state index in [1.807, 2.05) is 30.3 Å². The van der Waals surface area contributed by atoms with Gasteiger partial charge in [-0.15, -0.1) is 0 Å². The average molecular weight is 435 g/mol. The summed E-state index contributed by atoms with van der Waals surface area (Å²) >= 11 is 0. The minimum Gasteiger partial charge on any atom is -0.364 e. The van der Waals surface area contributed by atoms with Gasteiger partial charge in [0, 0.05) is 23.8 Å². The SMILES string of the molecule is FC(F)(F)c1cccc(CNc2nc(Nc3ccc4ncccc4c3)nc3nc[nH]c23)c1. The number of anilines is 3. The first-order valence-corrected chi connectivity index (χ1v) is 9.69. The smallest absolute Gasteiger partial charge is 0.364 e. The maximum Gasteiger partial charge on any atom is 0.416 e. The topological polar surface area (TPSA) is 91.4 Å². The Bertz CT molecular complexity index is 1410. The second-order valence-electron chi connectivity index (χ2n) is 7.08. The van der Waals surface area contributed by atoms with Crippen molar-refractivity contribution in [3.05, 3.63) is 78.2 Å². The van der Waals surface area contributed by atoms with Crippen LogP contribution >= 0.6 is 0 Å². The zero-order valence-corrected chi connectivity index (χ0v) is 16.5. The molecule has 160 valence electrons. The molecule has 0 atom stereocenters. The Hall–Kier alpha value is -4.21. The van der Waals surface area contributed by atoms with E-state index in [2.05, 4.69) is 35.6 Å². The van der Waals surface area contributed by atoms with Crippen molar-refractivity contribution in [3.63, 3.8) is 0 Å². The van der Waals surface area contributed by atoms with Crippen LogP contribution in [0.4, 0.5) is 30.6 Å². The summed E-state index contributed by atoms with van der Waals surface area (Å²) in [6.07, 6.45) is -1.18. The van der Waals surface area contributed by atoms with Gasteiger partial charge in [0.15, 0.2) is 11.5 Å². The molecule has 0 bridgehead atoms. The molecule has 32 heavy (non-hydrogen) atoms. The van der Waals surface area contributed by atoms with E-state index in [4.69, 9.17) is 0 Å². The van der Waals surface area contributed by atoms with Crippen LogP contribution in [-0.2, 0) is 12.7 Å². The van der Waals surface area contributed by atoms with Crippen LogP contribution in [0, 0.1) is 0 Å². The zero-order valence-electron chi connectivity index (χ0n) is 16.5. The van der Waals surface area contributed by atoms with Crippen molar-refractivity contribution >= 4 is 39.5 Å². The third-order valence-electron chi connectivity index (χ3n) is 4.86. The summed E-state index contributed by atoms with van der Waals surface area (Å²) in [7, 11) is 0. The maximum atomic E-state index is 13.0. The molecule has 0 amide bonds. The second-order valence-corrected chi connectivity index (χ2v) is 7.08. The van der Waals surface area contributed by atoms with Gasteiger partial charge in [0.25, 0.3) is 0 Å². The molecule has 0 unspecified atom stereocenters. The lowest BCUT2D eigenvalue weighted by atomic mass is 10.1. The Morgan fingerprint density at radius 1 is 0.938 bits per heavy atom. The quantitative estimate of drug-likeness (QED) is 0.348. The summed E-state index contributed by atoms with van der Waals surface area (Å²) in [6, 6.07) is 14.6. The number of aromatic nitrogens is 5. The maximum absolute atomic E-state index is 13.0. The van der Waals surface area contributed by atoms with Gasteiger partial charge in [0.2, 0.25) is 5.95 Å². The zero-order chi connectivity index (χ0) is 22.1. The molecule has 2 aromatic carbocycles. The van der Waals surface area contributed by atoms with Crippen LogP contribution in [0.2, 0.25) is 0 Å². The van der Waals surface area contributed by atoms with Crippen molar-refractivity contribution in [2.45, 2.75) is 12.7 Å². The number of alkyl halides is 3. The lowest BCUT2D eigenvalue weighted by Gasteiger charge is -2.12. The van der Waals surface area contributed by atoms with Crippen molar-refractivity contribution in [2.75, 3.05) is 10.6 Å². The number of halogens is 3. The highest BCUT2D eigenvalue weighted by molar-refractivity contribution is 5.85. The Balaban J connectivity index is 1.42. The van der Waals surface area contributed by atoms with Gasteiger partial charge in [0.05, 0.1) is 17.4 Å². The fourth-order valence-corrected chi connectivity index (χ4v) is 3.34. The number of nitrogens with one attached hydrogen (secondary N) is 3. The molecule has 0 aliphatic carbocycles. The molecule has 10 heteroatoms. The Kier molecular flexibility index (Phi) is 4.81. The van der Waals surface area contributed by atoms with Crippen LogP contribution in [0.25, 0.3) is 22.1 Å². The Labute approximate surface area is 179 Å². The van der Waals surface area contributed by atoms with Gasteiger partial charge >= 0.3 is 6.18 Å². The first-order chi connectivity index (χ1) is 15.5. The summed E-state index contributed by atoms with van der Waals surface area (Å²) in [5.41, 5.74) is 2.40. The van der Waals surface area contributed by atoms with E-state index in [0.717, 1.165) is 28.7 Å². The molecule has 0 spiro atoms. The van der Waals surface area contributed by atoms with E-state index < -0.39 is 11.7 Å².